The number of anilines is 1. The number of hydrogen-bond donors (Lipinski definition) is 2. The molecule has 1 aliphatic rings. The van der Waals surface area contributed by atoms with Crippen LogP contribution in [0, 0.1) is 5.92 Å². The maximum atomic E-state index is 12.7. The second kappa shape index (κ2) is 8.11. The Kier molecular flexibility index (Phi) is 5.65. The molecule has 0 aliphatic carbocycles. The number of amides is 1. The predicted molar refractivity (Wildman–Crippen MR) is 93.2 cm³/mol. The lowest BCUT2D eigenvalue weighted by atomic mass is 9.97. The van der Waals surface area contributed by atoms with Gasteiger partial charge in [-0.2, -0.15) is 4.98 Å². The van der Waals surface area contributed by atoms with E-state index in [1.165, 1.54) is 0 Å². The van der Waals surface area contributed by atoms with Crippen LogP contribution >= 0.6 is 0 Å². The predicted octanol–water partition coefficient (Wildman–Crippen LogP) is 2.09. The van der Waals surface area contributed by atoms with Crippen LogP contribution in [0.2, 0.25) is 0 Å². The van der Waals surface area contributed by atoms with Crippen molar-refractivity contribution >= 4 is 11.6 Å². The summed E-state index contributed by atoms with van der Waals surface area (Å²) in [4.78, 5) is 18.8. The lowest BCUT2D eigenvalue weighted by molar-refractivity contribution is 0.0651. The van der Waals surface area contributed by atoms with Crippen LogP contribution in [-0.4, -0.2) is 45.8 Å². The van der Waals surface area contributed by atoms with E-state index in [0.29, 0.717) is 49.3 Å². The van der Waals surface area contributed by atoms with E-state index in [0.717, 1.165) is 18.5 Å². The molecular weight excluding hydrogens is 320 g/mol. The third kappa shape index (κ3) is 4.36. The molecule has 1 aromatic carbocycles. The zero-order valence-corrected chi connectivity index (χ0v) is 14.4. The van der Waals surface area contributed by atoms with Crippen molar-refractivity contribution in [2.45, 2.75) is 32.7 Å². The van der Waals surface area contributed by atoms with Crippen molar-refractivity contribution < 1.29 is 14.4 Å². The molecule has 134 valence electrons. The van der Waals surface area contributed by atoms with Crippen LogP contribution in [0.15, 0.2) is 28.8 Å². The Morgan fingerprint density at radius 3 is 2.88 bits per heavy atom. The van der Waals surface area contributed by atoms with E-state index in [1.807, 2.05) is 36.1 Å². The molecule has 7 heteroatoms. The monoisotopic (exact) mass is 344 g/mol. The topological polar surface area (TPSA) is 91.5 Å². The summed E-state index contributed by atoms with van der Waals surface area (Å²) in [5.74, 6) is 1.57. The summed E-state index contributed by atoms with van der Waals surface area (Å²) in [7, 11) is 0. The summed E-state index contributed by atoms with van der Waals surface area (Å²) in [5.41, 5.74) is 1.51. The fraction of sp³-hybridized carbons (Fsp3) is 0.500. The Morgan fingerprint density at radius 2 is 2.20 bits per heavy atom. The number of carbonyl (C=O) groups excluding carboxylic acids is 1. The van der Waals surface area contributed by atoms with Crippen LogP contribution in [0.5, 0.6) is 0 Å². The van der Waals surface area contributed by atoms with Gasteiger partial charge in [0.1, 0.15) is 0 Å². The maximum absolute atomic E-state index is 12.7. The fourth-order valence-electron chi connectivity index (χ4n) is 2.95. The minimum atomic E-state index is 0.0351. The number of carbonyl (C=O) groups is 1. The highest BCUT2D eigenvalue weighted by Gasteiger charge is 2.23. The highest BCUT2D eigenvalue weighted by Crippen LogP contribution is 2.20. The first kappa shape index (κ1) is 17.4. The van der Waals surface area contributed by atoms with E-state index in [1.54, 1.807) is 0 Å². The third-order valence-electron chi connectivity index (χ3n) is 4.53. The Labute approximate surface area is 147 Å². The molecule has 7 nitrogen and oxygen atoms in total. The van der Waals surface area contributed by atoms with E-state index in [9.17, 15) is 9.90 Å². The normalized spacial score (nSPS) is 15.4. The van der Waals surface area contributed by atoms with Crippen molar-refractivity contribution in [1.29, 1.82) is 0 Å². The largest absolute Gasteiger partial charge is 0.396 e. The number of aliphatic hydroxyl groups excluding tert-OH is 1. The molecule has 0 radical (unpaired) electrons. The van der Waals surface area contributed by atoms with Crippen LogP contribution in [0.1, 0.15) is 41.8 Å². The fourth-order valence-corrected chi connectivity index (χ4v) is 2.95. The number of rotatable bonds is 6. The molecule has 0 spiro atoms. The van der Waals surface area contributed by atoms with Gasteiger partial charge in [-0.25, -0.2) is 0 Å². The smallest absolute Gasteiger partial charge is 0.253 e. The zero-order chi connectivity index (χ0) is 17.6. The van der Waals surface area contributed by atoms with Crippen molar-refractivity contribution in [1.82, 2.24) is 15.0 Å². The van der Waals surface area contributed by atoms with Gasteiger partial charge in [0, 0.05) is 37.4 Å². The van der Waals surface area contributed by atoms with Gasteiger partial charge in [0.2, 0.25) is 5.89 Å². The van der Waals surface area contributed by atoms with Gasteiger partial charge in [-0.05, 0) is 37.0 Å². The average Bonchev–Trinajstić information content (AvgIpc) is 3.14. The molecular formula is C18H24N4O3. The number of benzene rings is 1. The average molecular weight is 344 g/mol. The molecule has 0 bridgehead atoms. The molecule has 1 saturated heterocycles. The highest BCUT2D eigenvalue weighted by atomic mass is 16.5. The molecule has 1 aromatic heterocycles. The van der Waals surface area contributed by atoms with Gasteiger partial charge >= 0.3 is 0 Å². The third-order valence-corrected chi connectivity index (χ3v) is 4.53. The first-order valence-corrected chi connectivity index (χ1v) is 8.75. The Hall–Kier alpha value is -2.41. The molecule has 2 aromatic rings. The van der Waals surface area contributed by atoms with E-state index in [2.05, 4.69) is 15.5 Å². The Bertz CT molecular complexity index is 708. The summed E-state index contributed by atoms with van der Waals surface area (Å²) in [6, 6.07) is 7.45. The standard InChI is InChI=1S/C18H24N4O3/c1-2-17-20-16(21-25-17)11-19-15-5-3-4-14(10-15)18(24)22-8-6-13(12-23)7-9-22/h3-5,10,13,19,23H,2,6-9,11-12H2,1H3. The second-order valence-electron chi connectivity index (χ2n) is 6.31. The summed E-state index contributed by atoms with van der Waals surface area (Å²) >= 11 is 0. The molecule has 1 aliphatic heterocycles. The van der Waals surface area contributed by atoms with Crippen LogP contribution in [-0.2, 0) is 13.0 Å². The minimum absolute atomic E-state index is 0.0351. The SMILES string of the molecule is CCc1nc(CNc2cccc(C(=O)N3CCC(CO)CC3)c2)no1. The van der Waals surface area contributed by atoms with Crippen molar-refractivity contribution in [3.05, 3.63) is 41.5 Å². The van der Waals surface area contributed by atoms with E-state index in [4.69, 9.17) is 4.52 Å². The Balaban J connectivity index is 1.59. The molecule has 1 amide bonds. The van der Waals surface area contributed by atoms with Crippen molar-refractivity contribution in [2.24, 2.45) is 5.92 Å². The highest BCUT2D eigenvalue weighted by molar-refractivity contribution is 5.95. The summed E-state index contributed by atoms with van der Waals surface area (Å²) in [5, 5.41) is 16.3. The molecule has 2 N–H and O–H groups in total. The molecule has 3 rings (SSSR count). The van der Waals surface area contributed by atoms with Gasteiger partial charge in [-0.1, -0.05) is 18.1 Å². The summed E-state index contributed by atoms with van der Waals surface area (Å²) in [6.07, 6.45) is 2.43. The van der Waals surface area contributed by atoms with E-state index >= 15 is 0 Å². The van der Waals surface area contributed by atoms with Crippen molar-refractivity contribution in [3.8, 4) is 0 Å². The molecule has 25 heavy (non-hydrogen) atoms. The maximum Gasteiger partial charge on any atom is 0.253 e. The van der Waals surface area contributed by atoms with Gasteiger partial charge in [-0.15, -0.1) is 0 Å². The van der Waals surface area contributed by atoms with Crippen LogP contribution in [0.4, 0.5) is 5.69 Å². The number of aryl methyl sites for hydroxylation is 1. The van der Waals surface area contributed by atoms with E-state index in [-0.39, 0.29) is 12.5 Å². The van der Waals surface area contributed by atoms with Crippen LogP contribution < -0.4 is 5.32 Å². The lowest BCUT2D eigenvalue weighted by Crippen LogP contribution is -2.39. The first-order valence-electron chi connectivity index (χ1n) is 8.75. The molecule has 1 fully saturated rings. The van der Waals surface area contributed by atoms with E-state index < -0.39 is 0 Å². The number of nitrogens with zero attached hydrogens (tertiary/aromatic N) is 3. The Morgan fingerprint density at radius 1 is 1.40 bits per heavy atom. The number of nitrogens with one attached hydrogen (secondary N) is 1. The van der Waals surface area contributed by atoms with Gasteiger partial charge in [0.25, 0.3) is 5.91 Å². The minimum Gasteiger partial charge on any atom is -0.396 e. The lowest BCUT2D eigenvalue weighted by Gasteiger charge is -2.31. The second-order valence-corrected chi connectivity index (χ2v) is 6.31. The van der Waals surface area contributed by atoms with Crippen LogP contribution in [0.3, 0.4) is 0 Å². The molecule has 0 saturated carbocycles. The van der Waals surface area contributed by atoms with Crippen molar-refractivity contribution in [2.75, 3.05) is 25.0 Å². The van der Waals surface area contributed by atoms with Crippen LogP contribution in [0.25, 0.3) is 0 Å². The zero-order valence-electron chi connectivity index (χ0n) is 14.4. The molecule has 0 unspecified atom stereocenters. The van der Waals surface area contributed by atoms with Gasteiger partial charge < -0.3 is 19.8 Å². The molecule has 0 atom stereocenters. The summed E-state index contributed by atoms with van der Waals surface area (Å²) in [6.45, 7) is 4.01. The number of hydrogen-bond acceptors (Lipinski definition) is 6. The van der Waals surface area contributed by atoms with Gasteiger partial charge in [-0.3, -0.25) is 4.79 Å². The molecule has 2 heterocycles. The number of aliphatic hydroxyl groups is 1. The van der Waals surface area contributed by atoms with Crippen molar-refractivity contribution in [3.63, 3.8) is 0 Å². The summed E-state index contributed by atoms with van der Waals surface area (Å²) < 4.78 is 5.08. The van der Waals surface area contributed by atoms with Gasteiger partial charge in [0.05, 0.1) is 6.54 Å². The quantitative estimate of drug-likeness (QED) is 0.834. The van der Waals surface area contributed by atoms with Gasteiger partial charge in [0.15, 0.2) is 5.82 Å². The number of aromatic nitrogens is 2. The number of likely N-dealkylation sites (tertiary alicyclic amines) is 1. The number of piperidine rings is 1. The first-order chi connectivity index (χ1) is 12.2.